The van der Waals surface area contributed by atoms with Gasteiger partial charge >= 0.3 is 11.9 Å². The number of para-hydroxylation sites is 1. The van der Waals surface area contributed by atoms with Gasteiger partial charge in [-0.05, 0) is 36.8 Å². The highest BCUT2D eigenvalue weighted by Crippen LogP contribution is 2.17. The predicted molar refractivity (Wildman–Crippen MR) is 69.5 cm³/mol. The van der Waals surface area contributed by atoms with Gasteiger partial charge in [-0.25, -0.2) is 9.59 Å². The van der Waals surface area contributed by atoms with Crippen molar-refractivity contribution in [3.8, 4) is 5.75 Å². The third kappa shape index (κ3) is 2.80. The van der Waals surface area contributed by atoms with Crippen LogP contribution in [0.5, 0.6) is 5.75 Å². The van der Waals surface area contributed by atoms with E-state index in [-0.39, 0.29) is 11.1 Å². The summed E-state index contributed by atoms with van der Waals surface area (Å²) >= 11 is 0. The molecule has 0 amide bonds. The second kappa shape index (κ2) is 5.35. The van der Waals surface area contributed by atoms with Crippen LogP contribution in [0.4, 0.5) is 0 Å². The molecule has 0 bridgehead atoms. The fourth-order valence-electron chi connectivity index (χ4n) is 1.74. The number of rotatable bonds is 3. The Bertz CT molecular complexity index is 617. The zero-order valence-electron chi connectivity index (χ0n) is 10.3. The maximum atomic E-state index is 12.0. The summed E-state index contributed by atoms with van der Waals surface area (Å²) < 4.78 is 5.18. The number of carbonyl (C=O) groups is 2. The van der Waals surface area contributed by atoms with E-state index in [2.05, 4.69) is 0 Å². The fourth-order valence-corrected chi connectivity index (χ4v) is 1.74. The van der Waals surface area contributed by atoms with Crippen LogP contribution in [0.15, 0.2) is 48.5 Å². The molecule has 2 aromatic rings. The third-order valence-electron chi connectivity index (χ3n) is 2.74. The molecule has 0 spiro atoms. The molecule has 0 fully saturated rings. The highest BCUT2D eigenvalue weighted by Gasteiger charge is 2.16. The van der Waals surface area contributed by atoms with Gasteiger partial charge in [0.15, 0.2) is 0 Å². The lowest BCUT2D eigenvalue weighted by Crippen LogP contribution is -2.12. The van der Waals surface area contributed by atoms with Crippen LogP contribution in [0.25, 0.3) is 0 Å². The number of aromatic carboxylic acids is 1. The van der Waals surface area contributed by atoms with Crippen LogP contribution < -0.4 is 4.74 Å². The summed E-state index contributed by atoms with van der Waals surface area (Å²) in [4.78, 5) is 23.0. The smallest absolute Gasteiger partial charge is 0.343 e. The fraction of sp³-hybridized carbons (Fsp3) is 0.0667. The summed E-state index contributed by atoms with van der Waals surface area (Å²) in [6.07, 6.45) is 0. The molecule has 0 aliphatic rings. The summed E-state index contributed by atoms with van der Waals surface area (Å²) in [5.41, 5.74) is 0.752. The number of hydrogen-bond acceptors (Lipinski definition) is 3. The standard InChI is InChI=1S/C15H12O4/c1-10-12(14(16)17)8-5-9-13(10)15(18)19-11-6-3-2-4-7-11/h2-9H,1H3,(H,16,17). The van der Waals surface area contributed by atoms with Gasteiger partial charge in [-0.15, -0.1) is 0 Å². The molecule has 19 heavy (non-hydrogen) atoms. The van der Waals surface area contributed by atoms with Crippen LogP contribution in [0.1, 0.15) is 26.3 Å². The van der Waals surface area contributed by atoms with Gasteiger partial charge in [-0.1, -0.05) is 24.3 Å². The maximum absolute atomic E-state index is 12.0. The average molecular weight is 256 g/mol. The number of carboxylic acids is 1. The highest BCUT2D eigenvalue weighted by atomic mass is 16.5. The molecule has 0 aliphatic carbocycles. The highest BCUT2D eigenvalue weighted by molar-refractivity contribution is 5.97. The van der Waals surface area contributed by atoms with E-state index in [1.807, 2.05) is 6.07 Å². The minimum absolute atomic E-state index is 0.0995. The second-order valence-corrected chi connectivity index (χ2v) is 3.99. The molecule has 0 saturated carbocycles. The Labute approximate surface area is 110 Å². The Balaban J connectivity index is 2.30. The molecule has 1 N–H and O–H groups in total. The predicted octanol–water partition coefficient (Wildman–Crippen LogP) is 2.91. The summed E-state index contributed by atoms with van der Waals surface area (Å²) in [5.74, 6) is -1.20. The molecule has 2 rings (SSSR count). The van der Waals surface area contributed by atoms with E-state index in [4.69, 9.17) is 9.84 Å². The third-order valence-corrected chi connectivity index (χ3v) is 2.74. The van der Waals surface area contributed by atoms with Gasteiger partial charge < -0.3 is 9.84 Å². The normalized spacial score (nSPS) is 9.95. The van der Waals surface area contributed by atoms with Crippen molar-refractivity contribution in [2.75, 3.05) is 0 Å². The Morgan fingerprint density at radius 1 is 0.947 bits per heavy atom. The molecule has 0 unspecified atom stereocenters. The summed E-state index contributed by atoms with van der Waals surface area (Å²) in [6, 6.07) is 13.2. The summed E-state index contributed by atoms with van der Waals surface area (Å²) in [6.45, 7) is 1.59. The van der Waals surface area contributed by atoms with Crippen LogP contribution in [0.3, 0.4) is 0 Å². The van der Waals surface area contributed by atoms with Crippen LogP contribution in [0.2, 0.25) is 0 Å². The van der Waals surface area contributed by atoms with Crippen molar-refractivity contribution in [3.05, 3.63) is 65.2 Å². The Kier molecular flexibility index (Phi) is 3.61. The SMILES string of the molecule is Cc1c(C(=O)O)cccc1C(=O)Oc1ccccc1. The quantitative estimate of drug-likeness (QED) is 0.677. The maximum Gasteiger partial charge on any atom is 0.343 e. The minimum Gasteiger partial charge on any atom is -0.478 e. The minimum atomic E-state index is -1.06. The van der Waals surface area contributed by atoms with E-state index in [0.29, 0.717) is 11.3 Å². The molecule has 0 saturated heterocycles. The monoisotopic (exact) mass is 256 g/mol. The van der Waals surface area contributed by atoms with Crippen molar-refractivity contribution in [3.63, 3.8) is 0 Å². The molecule has 96 valence electrons. The first-order valence-corrected chi connectivity index (χ1v) is 5.69. The number of carbonyl (C=O) groups excluding carboxylic acids is 1. The second-order valence-electron chi connectivity index (χ2n) is 3.99. The number of esters is 1. The van der Waals surface area contributed by atoms with E-state index in [9.17, 15) is 9.59 Å². The van der Waals surface area contributed by atoms with Crippen molar-refractivity contribution < 1.29 is 19.4 Å². The summed E-state index contributed by atoms with van der Waals surface area (Å²) in [5, 5.41) is 9.01. The van der Waals surface area contributed by atoms with E-state index in [0.717, 1.165) is 0 Å². The number of carboxylic acid groups (broad SMARTS) is 1. The Hall–Kier alpha value is -2.62. The van der Waals surface area contributed by atoms with Crippen molar-refractivity contribution >= 4 is 11.9 Å². The van der Waals surface area contributed by atoms with Crippen molar-refractivity contribution in [1.29, 1.82) is 0 Å². The Morgan fingerprint density at radius 2 is 1.58 bits per heavy atom. The lowest BCUT2D eigenvalue weighted by atomic mass is 10.0. The van der Waals surface area contributed by atoms with Crippen molar-refractivity contribution in [1.82, 2.24) is 0 Å². The molecular weight excluding hydrogens is 244 g/mol. The van der Waals surface area contributed by atoms with Gasteiger partial charge in [0.25, 0.3) is 0 Å². The Morgan fingerprint density at radius 3 is 2.21 bits per heavy atom. The average Bonchev–Trinajstić information content (AvgIpc) is 2.39. The lowest BCUT2D eigenvalue weighted by molar-refractivity contribution is 0.0696. The topological polar surface area (TPSA) is 63.6 Å². The van der Waals surface area contributed by atoms with Crippen molar-refractivity contribution in [2.45, 2.75) is 6.92 Å². The van der Waals surface area contributed by atoms with Gasteiger partial charge in [-0.3, -0.25) is 0 Å². The van der Waals surface area contributed by atoms with Gasteiger partial charge in [-0.2, -0.15) is 0 Å². The van der Waals surface area contributed by atoms with Crippen LogP contribution >= 0.6 is 0 Å². The first kappa shape index (κ1) is 12.8. The molecule has 0 atom stereocenters. The van der Waals surface area contributed by atoms with Gasteiger partial charge in [0.05, 0.1) is 11.1 Å². The zero-order chi connectivity index (χ0) is 13.8. The molecule has 0 aromatic heterocycles. The number of benzene rings is 2. The molecule has 4 heteroatoms. The van der Waals surface area contributed by atoms with Crippen LogP contribution in [-0.2, 0) is 0 Å². The number of hydrogen-bond donors (Lipinski definition) is 1. The van der Waals surface area contributed by atoms with Gasteiger partial charge in [0.1, 0.15) is 5.75 Å². The van der Waals surface area contributed by atoms with Crippen LogP contribution in [0, 0.1) is 6.92 Å². The molecule has 0 aliphatic heterocycles. The first-order chi connectivity index (χ1) is 9.09. The summed E-state index contributed by atoms with van der Waals surface area (Å²) in [7, 11) is 0. The van der Waals surface area contributed by atoms with E-state index < -0.39 is 11.9 Å². The molecular formula is C15H12O4. The molecule has 0 heterocycles. The largest absolute Gasteiger partial charge is 0.478 e. The molecule has 0 radical (unpaired) electrons. The molecule has 2 aromatic carbocycles. The zero-order valence-corrected chi connectivity index (χ0v) is 10.3. The van der Waals surface area contributed by atoms with Gasteiger partial charge in [0, 0.05) is 0 Å². The number of ether oxygens (including phenoxy) is 1. The van der Waals surface area contributed by atoms with Crippen molar-refractivity contribution in [2.24, 2.45) is 0 Å². The van der Waals surface area contributed by atoms with Crippen LogP contribution in [-0.4, -0.2) is 17.0 Å². The lowest BCUT2D eigenvalue weighted by Gasteiger charge is -2.08. The van der Waals surface area contributed by atoms with Gasteiger partial charge in [0.2, 0.25) is 0 Å². The van der Waals surface area contributed by atoms with E-state index >= 15 is 0 Å². The first-order valence-electron chi connectivity index (χ1n) is 5.69. The van der Waals surface area contributed by atoms with E-state index in [1.54, 1.807) is 37.3 Å². The molecule has 4 nitrogen and oxygen atoms in total. The van der Waals surface area contributed by atoms with E-state index in [1.165, 1.54) is 12.1 Å².